The van der Waals surface area contributed by atoms with Crippen molar-refractivity contribution in [1.29, 1.82) is 0 Å². The molecule has 0 spiro atoms. The summed E-state index contributed by atoms with van der Waals surface area (Å²) in [5, 5.41) is 2.43. The van der Waals surface area contributed by atoms with Crippen LogP contribution in [0.5, 0.6) is 0 Å². The summed E-state index contributed by atoms with van der Waals surface area (Å²) in [6.45, 7) is 6.29. The van der Waals surface area contributed by atoms with E-state index in [0.717, 1.165) is 10.3 Å². The van der Waals surface area contributed by atoms with Gasteiger partial charge in [0.05, 0.1) is 9.67 Å². The Labute approximate surface area is 196 Å². The second-order valence-electron chi connectivity index (χ2n) is 6.46. The van der Waals surface area contributed by atoms with Crippen molar-refractivity contribution in [3.63, 3.8) is 0 Å². The smallest absolute Gasteiger partial charge is 0.412 e. The number of hydrogen-bond acceptors (Lipinski definition) is 10. The number of carbonyl (C=O) groups is 3. The highest BCUT2D eigenvalue weighted by Crippen LogP contribution is 2.33. The number of esters is 2. The van der Waals surface area contributed by atoms with Gasteiger partial charge in [-0.3, -0.25) is 19.5 Å². The Morgan fingerprint density at radius 3 is 2.52 bits per heavy atom. The van der Waals surface area contributed by atoms with Crippen LogP contribution in [0.1, 0.15) is 33.9 Å². The zero-order valence-electron chi connectivity index (χ0n) is 17.5. The standard InChI is InChI=1S/C18H24IN3O8S/c1-5-31-7-6-27-18(26)21-15-12(19)8-22(17(25)20-15)16-14(30-11(4)24)13(9(2)28-16)29-10(3)23/h8-9,13-14,16H,5-7H2,1-4H3,(H,20,21,25,26)/t9-,13-,14-,16-/m1/s1. The number of carbonyl (C=O) groups excluding carboxylic acids is 3. The van der Waals surface area contributed by atoms with Gasteiger partial charge < -0.3 is 18.9 Å². The zero-order valence-corrected chi connectivity index (χ0v) is 20.4. The van der Waals surface area contributed by atoms with Crippen LogP contribution in [0.2, 0.25) is 0 Å². The normalized spacial score (nSPS) is 22.6. The fourth-order valence-corrected chi connectivity index (χ4v) is 3.93. The van der Waals surface area contributed by atoms with E-state index in [2.05, 4.69) is 10.3 Å². The van der Waals surface area contributed by atoms with Gasteiger partial charge in [-0.15, -0.1) is 0 Å². The van der Waals surface area contributed by atoms with Gasteiger partial charge in [-0.1, -0.05) is 6.92 Å². The summed E-state index contributed by atoms with van der Waals surface area (Å²) in [5.41, 5.74) is -0.755. The predicted molar refractivity (Wildman–Crippen MR) is 120 cm³/mol. The minimum absolute atomic E-state index is 0.0293. The molecule has 1 amide bonds. The van der Waals surface area contributed by atoms with Gasteiger partial charge in [0.15, 0.2) is 24.3 Å². The van der Waals surface area contributed by atoms with Crippen LogP contribution in [0.4, 0.5) is 10.6 Å². The molecule has 1 fully saturated rings. The van der Waals surface area contributed by atoms with E-state index in [1.165, 1.54) is 20.0 Å². The molecule has 1 aliphatic heterocycles. The maximum absolute atomic E-state index is 12.7. The van der Waals surface area contributed by atoms with Crippen LogP contribution in [0.25, 0.3) is 0 Å². The molecule has 11 nitrogen and oxygen atoms in total. The maximum atomic E-state index is 12.7. The van der Waals surface area contributed by atoms with Crippen molar-refractivity contribution >= 4 is 58.2 Å². The van der Waals surface area contributed by atoms with Crippen molar-refractivity contribution in [3.05, 3.63) is 20.3 Å². The van der Waals surface area contributed by atoms with Gasteiger partial charge >= 0.3 is 23.7 Å². The molecular weight excluding hydrogens is 545 g/mol. The molecule has 1 aliphatic rings. The lowest BCUT2D eigenvalue weighted by Gasteiger charge is -2.23. The van der Waals surface area contributed by atoms with Crippen molar-refractivity contribution in [1.82, 2.24) is 9.55 Å². The summed E-state index contributed by atoms with van der Waals surface area (Å²) >= 11 is 3.52. The first-order valence-corrected chi connectivity index (χ1v) is 11.7. The summed E-state index contributed by atoms with van der Waals surface area (Å²) in [7, 11) is 0. The summed E-state index contributed by atoms with van der Waals surface area (Å²) in [6.07, 6.45) is -2.97. The number of hydrogen-bond donors (Lipinski definition) is 1. The number of halogens is 1. The molecule has 2 rings (SSSR count). The van der Waals surface area contributed by atoms with Crippen LogP contribution in [0.15, 0.2) is 11.0 Å². The fourth-order valence-electron chi connectivity index (χ4n) is 2.89. The number of ether oxygens (including phenoxy) is 4. The van der Waals surface area contributed by atoms with Gasteiger partial charge in [0, 0.05) is 25.8 Å². The highest BCUT2D eigenvalue weighted by atomic mass is 127. The largest absolute Gasteiger partial charge is 0.456 e. The Bertz CT molecular complexity index is 880. The molecule has 13 heteroatoms. The topological polar surface area (TPSA) is 135 Å². The van der Waals surface area contributed by atoms with E-state index in [1.807, 2.05) is 29.5 Å². The molecule has 1 saturated heterocycles. The van der Waals surface area contributed by atoms with Crippen molar-refractivity contribution < 1.29 is 33.3 Å². The Hall–Kier alpha value is -1.87. The zero-order chi connectivity index (χ0) is 23.1. The molecule has 1 N–H and O–H groups in total. The third-order valence-electron chi connectivity index (χ3n) is 4.09. The molecule has 0 aromatic carbocycles. The monoisotopic (exact) mass is 569 g/mol. The lowest BCUT2D eigenvalue weighted by Crippen LogP contribution is -2.40. The third-order valence-corrected chi connectivity index (χ3v) is 5.75. The molecule has 4 atom stereocenters. The van der Waals surface area contributed by atoms with Crippen molar-refractivity contribution in [2.24, 2.45) is 0 Å². The Balaban J connectivity index is 2.22. The SMILES string of the molecule is CCSCCOC(=O)Nc1nc(=O)n([C@@H]2O[C@H](C)[C@@H](OC(C)=O)[C@H]2OC(C)=O)cc1I. The summed E-state index contributed by atoms with van der Waals surface area (Å²) in [6, 6.07) is 0. The van der Waals surface area contributed by atoms with Crippen molar-refractivity contribution in [3.8, 4) is 0 Å². The minimum Gasteiger partial charge on any atom is -0.456 e. The molecule has 172 valence electrons. The lowest BCUT2D eigenvalue weighted by atomic mass is 10.1. The molecule has 31 heavy (non-hydrogen) atoms. The molecule has 0 radical (unpaired) electrons. The van der Waals surface area contributed by atoms with E-state index >= 15 is 0 Å². The number of amides is 1. The first-order valence-electron chi connectivity index (χ1n) is 9.44. The van der Waals surface area contributed by atoms with Gasteiger partial charge in [-0.2, -0.15) is 16.7 Å². The Kier molecular flexibility index (Phi) is 9.55. The number of rotatable bonds is 8. The summed E-state index contributed by atoms with van der Waals surface area (Å²) < 4.78 is 22.9. The minimum atomic E-state index is -1.07. The molecular formula is C18H24IN3O8S. The Morgan fingerprint density at radius 1 is 1.26 bits per heavy atom. The van der Waals surface area contributed by atoms with Crippen molar-refractivity contribution in [2.75, 3.05) is 23.4 Å². The van der Waals surface area contributed by atoms with Crippen LogP contribution in [0.3, 0.4) is 0 Å². The van der Waals surface area contributed by atoms with Gasteiger partial charge in [0.2, 0.25) is 0 Å². The third kappa shape index (κ3) is 7.07. The second-order valence-corrected chi connectivity index (χ2v) is 9.02. The van der Waals surface area contributed by atoms with Gasteiger partial charge in [-0.25, -0.2) is 9.59 Å². The van der Waals surface area contributed by atoms with Crippen LogP contribution in [-0.2, 0) is 28.5 Å². The van der Waals surface area contributed by atoms with E-state index in [0.29, 0.717) is 9.32 Å². The second kappa shape index (κ2) is 11.7. The molecule has 0 bridgehead atoms. The highest BCUT2D eigenvalue weighted by Gasteiger charge is 2.48. The summed E-state index contributed by atoms with van der Waals surface area (Å²) in [5.74, 6) is 0.406. The molecule has 1 aromatic heterocycles. The molecule has 0 unspecified atom stereocenters. The number of nitrogens with zero attached hydrogens (tertiary/aromatic N) is 2. The van der Waals surface area contributed by atoms with E-state index in [9.17, 15) is 19.2 Å². The number of aromatic nitrogens is 2. The predicted octanol–water partition coefficient (Wildman–Crippen LogP) is 1.93. The van der Waals surface area contributed by atoms with Crippen molar-refractivity contribution in [2.45, 2.75) is 52.2 Å². The van der Waals surface area contributed by atoms with Crippen LogP contribution in [-0.4, -0.2) is 64.0 Å². The van der Waals surface area contributed by atoms with E-state index in [4.69, 9.17) is 18.9 Å². The number of thioether (sulfide) groups is 1. The average Bonchev–Trinajstić information content (AvgIpc) is 2.96. The first kappa shape index (κ1) is 25.4. The van der Waals surface area contributed by atoms with E-state index < -0.39 is 48.3 Å². The summed E-state index contributed by atoms with van der Waals surface area (Å²) in [4.78, 5) is 51.5. The number of anilines is 1. The van der Waals surface area contributed by atoms with Crippen LogP contribution in [0, 0.1) is 3.57 Å². The van der Waals surface area contributed by atoms with Gasteiger partial charge in [-0.05, 0) is 35.3 Å². The molecule has 2 heterocycles. The molecule has 0 saturated carbocycles. The van der Waals surface area contributed by atoms with E-state index in [1.54, 1.807) is 18.7 Å². The molecule has 1 aromatic rings. The van der Waals surface area contributed by atoms with Gasteiger partial charge in [0.25, 0.3) is 0 Å². The fraction of sp³-hybridized carbons (Fsp3) is 0.611. The van der Waals surface area contributed by atoms with E-state index in [-0.39, 0.29) is 12.4 Å². The quantitative estimate of drug-likeness (QED) is 0.214. The van der Waals surface area contributed by atoms with Gasteiger partial charge in [0.1, 0.15) is 6.61 Å². The Morgan fingerprint density at radius 2 is 1.90 bits per heavy atom. The maximum Gasteiger partial charge on any atom is 0.412 e. The lowest BCUT2D eigenvalue weighted by molar-refractivity contribution is -0.165. The highest BCUT2D eigenvalue weighted by molar-refractivity contribution is 14.1. The first-order chi connectivity index (χ1) is 14.6. The molecule has 0 aliphatic carbocycles. The number of nitrogens with one attached hydrogen (secondary N) is 1. The van der Waals surface area contributed by atoms with Crippen LogP contribution >= 0.6 is 34.4 Å². The average molecular weight is 569 g/mol. The van der Waals surface area contributed by atoms with Crippen LogP contribution < -0.4 is 11.0 Å².